The van der Waals surface area contributed by atoms with Gasteiger partial charge in [0.25, 0.3) is 0 Å². The first kappa shape index (κ1) is 15.2. The summed E-state index contributed by atoms with van der Waals surface area (Å²) in [6.45, 7) is 7.98. The summed E-state index contributed by atoms with van der Waals surface area (Å²) in [5, 5.41) is 0. The molecule has 0 bridgehead atoms. The molecule has 2 aromatic rings. The van der Waals surface area contributed by atoms with Crippen LogP contribution in [0.2, 0.25) is 0 Å². The summed E-state index contributed by atoms with van der Waals surface area (Å²) in [5.41, 5.74) is 1.00. The van der Waals surface area contributed by atoms with Gasteiger partial charge in [-0.3, -0.25) is 4.98 Å². The summed E-state index contributed by atoms with van der Waals surface area (Å²) in [6.07, 6.45) is 1.65. The van der Waals surface area contributed by atoms with Gasteiger partial charge in [0, 0.05) is 11.8 Å². The Morgan fingerprint density at radius 3 is 2.27 bits per heavy atom. The van der Waals surface area contributed by atoms with Crippen LogP contribution < -0.4 is 5.46 Å². The molecule has 0 amide bonds. The Hall–Kier alpha value is -1.72. The van der Waals surface area contributed by atoms with E-state index >= 15 is 0 Å². The second-order valence-electron chi connectivity index (χ2n) is 6.54. The van der Waals surface area contributed by atoms with E-state index in [2.05, 4.69) is 4.98 Å². The molecule has 0 atom stereocenters. The van der Waals surface area contributed by atoms with E-state index in [1.807, 2.05) is 33.8 Å². The Bertz CT molecular complexity index is 672. The minimum absolute atomic E-state index is 0.307. The molecule has 0 N–H and O–H groups in total. The highest BCUT2D eigenvalue weighted by molar-refractivity contribution is 6.62. The molecular formula is C17H19BFNO2. The standard InChI is InChI=1S/C17H19BFNO2/c1-16(2)17(3,4)22-18(21-16)12-8-9-14(19)13(11-12)15-7-5-6-10-20-15/h5-11H,1-4H3. The smallest absolute Gasteiger partial charge is 0.399 e. The van der Waals surface area contributed by atoms with Crippen LogP contribution in [0.5, 0.6) is 0 Å². The number of pyridine rings is 1. The molecule has 1 aliphatic rings. The molecule has 0 radical (unpaired) electrons. The monoisotopic (exact) mass is 299 g/mol. The average Bonchev–Trinajstić information content (AvgIpc) is 2.69. The van der Waals surface area contributed by atoms with Gasteiger partial charge in [0.15, 0.2) is 0 Å². The van der Waals surface area contributed by atoms with Crippen molar-refractivity contribution in [3.05, 3.63) is 48.4 Å². The lowest BCUT2D eigenvalue weighted by molar-refractivity contribution is 0.00578. The van der Waals surface area contributed by atoms with Gasteiger partial charge in [-0.1, -0.05) is 18.2 Å². The molecule has 1 saturated heterocycles. The van der Waals surface area contributed by atoms with E-state index in [9.17, 15) is 4.39 Å². The van der Waals surface area contributed by atoms with Crippen LogP contribution in [0.3, 0.4) is 0 Å². The van der Waals surface area contributed by atoms with E-state index in [1.54, 1.807) is 30.5 Å². The van der Waals surface area contributed by atoms with E-state index < -0.39 is 18.3 Å². The van der Waals surface area contributed by atoms with E-state index in [0.29, 0.717) is 11.3 Å². The van der Waals surface area contributed by atoms with Crippen LogP contribution in [0, 0.1) is 5.82 Å². The lowest BCUT2D eigenvalue weighted by Gasteiger charge is -2.32. The first-order chi connectivity index (χ1) is 10.3. The van der Waals surface area contributed by atoms with Gasteiger partial charge in [-0.15, -0.1) is 0 Å². The van der Waals surface area contributed by atoms with E-state index in [-0.39, 0.29) is 5.82 Å². The van der Waals surface area contributed by atoms with Crippen molar-refractivity contribution in [3.63, 3.8) is 0 Å². The van der Waals surface area contributed by atoms with Crippen LogP contribution in [0.4, 0.5) is 4.39 Å². The Balaban J connectivity index is 1.98. The number of halogens is 1. The zero-order valence-corrected chi connectivity index (χ0v) is 13.3. The number of hydrogen-bond donors (Lipinski definition) is 0. The van der Waals surface area contributed by atoms with E-state index in [4.69, 9.17) is 9.31 Å². The van der Waals surface area contributed by atoms with Crippen molar-refractivity contribution in [1.29, 1.82) is 0 Å². The number of hydrogen-bond acceptors (Lipinski definition) is 3. The number of nitrogens with zero attached hydrogens (tertiary/aromatic N) is 1. The quantitative estimate of drug-likeness (QED) is 0.798. The van der Waals surface area contributed by atoms with Gasteiger partial charge in [-0.05, 0) is 51.4 Å². The molecule has 1 fully saturated rings. The summed E-state index contributed by atoms with van der Waals surface area (Å²) in [6, 6.07) is 10.3. The minimum Gasteiger partial charge on any atom is -0.399 e. The second-order valence-corrected chi connectivity index (χ2v) is 6.54. The maximum atomic E-state index is 14.1. The van der Waals surface area contributed by atoms with Crippen LogP contribution in [-0.4, -0.2) is 23.3 Å². The molecular weight excluding hydrogens is 280 g/mol. The van der Waals surface area contributed by atoms with Crippen LogP contribution in [0.1, 0.15) is 27.7 Å². The normalized spacial score (nSPS) is 19.4. The predicted octanol–water partition coefficient (Wildman–Crippen LogP) is 3.19. The summed E-state index contributed by atoms with van der Waals surface area (Å²) < 4.78 is 26.2. The molecule has 114 valence electrons. The van der Waals surface area contributed by atoms with E-state index in [1.165, 1.54) is 6.07 Å². The van der Waals surface area contributed by atoms with Crippen molar-refractivity contribution in [2.24, 2.45) is 0 Å². The van der Waals surface area contributed by atoms with Crippen LogP contribution >= 0.6 is 0 Å². The Morgan fingerprint density at radius 1 is 1.00 bits per heavy atom. The van der Waals surface area contributed by atoms with Crippen LogP contribution in [0.15, 0.2) is 42.6 Å². The Morgan fingerprint density at radius 2 is 1.68 bits per heavy atom. The average molecular weight is 299 g/mol. The first-order valence-corrected chi connectivity index (χ1v) is 7.37. The third-order valence-electron chi connectivity index (χ3n) is 4.46. The second kappa shape index (κ2) is 5.18. The summed E-state index contributed by atoms with van der Waals surface area (Å²) in [7, 11) is -0.506. The fourth-order valence-electron chi connectivity index (χ4n) is 2.39. The highest BCUT2D eigenvalue weighted by Crippen LogP contribution is 2.36. The third kappa shape index (κ3) is 2.55. The summed E-state index contributed by atoms with van der Waals surface area (Å²) >= 11 is 0. The summed E-state index contributed by atoms with van der Waals surface area (Å²) in [5.74, 6) is -0.307. The molecule has 0 unspecified atom stereocenters. The zero-order chi connectivity index (χ0) is 16.0. The van der Waals surface area contributed by atoms with Gasteiger partial charge >= 0.3 is 7.12 Å². The molecule has 0 spiro atoms. The minimum atomic E-state index is -0.506. The van der Waals surface area contributed by atoms with Crippen molar-refractivity contribution in [2.45, 2.75) is 38.9 Å². The van der Waals surface area contributed by atoms with Crippen molar-refractivity contribution in [3.8, 4) is 11.3 Å². The molecule has 3 nitrogen and oxygen atoms in total. The SMILES string of the molecule is CC1(C)OB(c2ccc(F)c(-c3ccccn3)c2)OC1(C)C. The Labute approximate surface area is 130 Å². The largest absolute Gasteiger partial charge is 0.494 e. The predicted molar refractivity (Wildman–Crippen MR) is 85.3 cm³/mol. The molecule has 2 heterocycles. The molecule has 1 aliphatic heterocycles. The fourth-order valence-corrected chi connectivity index (χ4v) is 2.39. The molecule has 5 heteroatoms. The molecule has 3 rings (SSSR count). The Kier molecular flexibility index (Phi) is 3.58. The maximum Gasteiger partial charge on any atom is 0.494 e. The number of rotatable bonds is 2. The fraction of sp³-hybridized carbons (Fsp3) is 0.353. The third-order valence-corrected chi connectivity index (χ3v) is 4.46. The zero-order valence-electron chi connectivity index (χ0n) is 13.3. The first-order valence-electron chi connectivity index (χ1n) is 7.37. The van der Waals surface area contributed by atoms with Gasteiger partial charge in [0.2, 0.25) is 0 Å². The van der Waals surface area contributed by atoms with Gasteiger partial charge in [0.1, 0.15) is 5.82 Å². The highest BCUT2D eigenvalue weighted by atomic mass is 19.1. The number of benzene rings is 1. The van der Waals surface area contributed by atoms with E-state index in [0.717, 1.165) is 5.46 Å². The van der Waals surface area contributed by atoms with Gasteiger partial charge in [0.05, 0.1) is 16.9 Å². The highest BCUT2D eigenvalue weighted by Gasteiger charge is 2.51. The molecule has 0 saturated carbocycles. The maximum absolute atomic E-state index is 14.1. The van der Waals surface area contributed by atoms with Gasteiger partial charge < -0.3 is 9.31 Å². The molecule has 1 aromatic carbocycles. The van der Waals surface area contributed by atoms with Crippen LogP contribution in [0.25, 0.3) is 11.3 Å². The van der Waals surface area contributed by atoms with Crippen molar-refractivity contribution < 1.29 is 13.7 Å². The lowest BCUT2D eigenvalue weighted by atomic mass is 9.78. The van der Waals surface area contributed by atoms with Crippen LogP contribution in [-0.2, 0) is 9.31 Å². The summed E-state index contributed by atoms with van der Waals surface area (Å²) in [4.78, 5) is 4.21. The molecule has 0 aliphatic carbocycles. The molecule has 22 heavy (non-hydrogen) atoms. The lowest BCUT2D eigenvalue weighted by Crippen LogP contribution is -2.41. The van der Waals surface area contributed by atoms with Gasteiger partial charge in [-0.25, -0.2) is 4.39 Å². The number of aromatic nitrogens is 1. The van der Waals surface area contributed by atoms with Crippen molar-refractivity contribution in [1.82, 2.24) is 4.98 Å². The molecule has 1 aromatic heterocycles. The van der Waals surface area contributed by atoms with Crippen molar-refractivity contribution in [2.75, 3.05) is 0 Å². The topological polar surface area (TPSA) is 31.4 Å². The van der Waals surface area contributed by atoms with Crippen molar-refractivity contribution >= 4 is 12.6 Å². The van der Waals surface area contributed by atoms with Gasteiger partial charge in [-0.2, -0.15) is 0 Å².